The van der Waals surface area contributed by atoms with Gasteiger partial charge >= 0.3 is 11.8 Å². The summed E-state index contributed by atoms with van der Waals surface area (Å²) in [4.78, 5) is 24.1. The van der Waals surface area contributed by atoms with Crippen LogP contribution in [0.3, 0.4) is 0 Å². The lowest BCUT2D eigenvalue weighted by molar-refractivity contribution is -0.136. The first-order valence-electron chi connectivity index (χ1n) is 8.46. The number of ether oxygens (including phenoxy) is 2. The van der Waals surface area contributed by atoms with Crippen LogP contribution in [0.5, 0.6) is 11.5 Å². The van der Waals surface area contributed by atoms with Gasteiger partial charge in [-0.2, -0.15) is 5.10 Å². The molecule has 0 saturated carbocycles. The average Bonchev–Trinajstić information content (AvgIpc) is 2.71. The number of carbonyl (C=O) groups is 2. The van der Waals surface area contributed by atoms with Gasteiger partial charge in [-0.3, -0.25) is 9.59 Å². The molecular weight excluding hydrogens is 346 g/mol. The Bertz CT molecular complexity index is 862. The Morgan fingerprint density at radius 1 is 1.00 bits per heavy atom. The van der Waals surface area contributed by atoms with Gasteiger partial charge in [-0.05, 0) is 43.2 Å². The van der Waals surface area contributed by atoms with Crippen LogP contribution >= 0.6 is 0 Å². The zero-order valence-electron chi connectivity index (χ0n) is 15.8. The lowest BCUT2D eigenvalue weighted by Crippen LogP contribution is -2.33. The van der Waals surface area contributed by atoms with Crippen LogP contribution in [0.15, 0.2) is 47.6 Å². The Kier molecular flexibility index (Phi) is 6.93. The molecule has 0 unspecified atom stereocenters. The molecule has 0 aliphatic heterocycles. The van der Waals surface area contributed by atoms with Crippen molar-refractivity contribution in [1.29, 1.82) is 0 Å². The molecule has 0 aliphatic rings. The SMILES string of the molecule is CCc1ccccc1NC(=O)C(=O)N/N=C(\C)c1ccc(OC)c(OC)c1. The van der Waals surface area contributed by atoms with Crippen molar-refractivity contribution in [2.24, 2.45) is 5.10 Å². The molecule has 2 N–H and O–H groups in total. The fraction of sp³-hybridized carbons (Fsp3) is 0.250. The summed E-state index contributed by atoms with van der Waals surface area (Å²) >= 11 is 0. The number of benzene rings is 2. The Labute approximate surface area is 158 Å². The zero-order chi connectivity index (χ0) is 19.8. The third-order valence-electron chi connectivity index (χ3n) is 3.98. The second-order valence-electron chi connectivity index (χ2n) is 5.67. The van der Waals surface area contributed by atoms with E-state index in [1.165, 1.54) is 7.11 Å². The Balaban J connectivity index is 2.05. The van der Waals surface area contributed by atoms with Crippen LogP contribution in [-0.2, 0) is 16.0 Å². The van der Waals surface area contributed by atoms with Gasteiger partial charge in [0.05, 0.1) is 19.9 Å². The van der Waals surface area contributed by atoms with E-state index in [1.54, 1.807) is 44.4 Å². The third-order valence-corrected chi connectivity index (χ3v) is 3.98. The van der Waals surface area contributed by atoms with E-state index in [1.807, 2.05) is 19.1 Å². The molecule has 2 aromatic carbocycles. The minimum Gasteiger partial charge on any atom is -0.493 e. The van der Waals surface area contributed by atoms with Gasteiger partial charge in [-0.25, -0.2) is 5.43 Å². The van der Waals surface area contributed by atoms with Gasteiger partial charge in [0.15, 0.2) is 11.5 Å². The molecule has 27 heavy (non-hydrogen) atoms. The van der Waals surface area contributed by atoms with Crippen molar-refractivity contribution >= 4 is 23.2 Å². The van der Waals surface area contributed by atoms with Crippen molar-refractivity contribution < 1.29 is 19.1 Å². The van der Waals surface area contributed by atoms with Crippen molar-refractivity contribution in [3.8, 4) is 11.5 Å². The lowest BCUT2D eigenvalue weighted by Gasteiger charge is -2.10. The molecule has 0 heterocycles. The minimum absolute atomic E-state index is 0.520. The number of methoxy groups -OCH3 is 2. The van der Waals surface area contributed by atoms with Crippen LogP contribution in [0.1, 0.15) is 25.0 Å². The van der Waals surface area contributed by atoms with Gasteiger partial charge in [-0.15, -0.1) is 0 Å². The van der Waals surface area contributed by atoms with Crippen molar-refractivity contribution in [3.63, 3.8) is 0 Å². The first-order chi connectivity index (χ1) is 13.0. The number of carbonyl (C=O) groups excluding carboxylic acids is 2. The van der Waals surface area contributed by atoms with E-state index in [-0.39, 0.29) is 0 Å². The largest absolute Gasteiger partial charge is 0.493 e. The molecule has 0 spiro atoms. The molecule has 142 valence electrons. The highest BCUT2D eigenvalue weighted by Crippen LogP contribution is 2.27. The van der Waals surface area contributed by atoms with Crippen LogP contribution < -0.4 is 20.2 Å². The second-order valence-corrected chi connectivity index (χ2v) is 5.67. The molecule has 0 saturated heterocycles. The molecule has 0 radical (unpaired) electrons. The first-order valence-corrected chi connectivity index (χ1v) is 8.46. The summed E-state index contributed by atoms with van der Waals surface area (Å²) in [6, 6.07) is 12.6. The monoisotopic (exact) mass is 369 g/mol. The summed E-state index contributed by atoms with van der Waals surface area (Å²) in [6.07, 6.45) is 0.745. The molecule has 7 nitrogen and oxygen atoms in total. The van der Waals surface area contributed by atoms with E-state index in [2.05, 4.69) is 15.8 Å². The van der Waals surface area contributed by atoms with Crippen LogP contribution in [0.2, 0.25) is 0 Å². The van der Waals surface area contributed by atoms with Gasteiger partial charge in [-0.1, -0.05) is 25.1 Å². The summed E-state index contributed by atoms with van der Waals surface area (Å²) in [5.74, 6) is -0.489. The number of hydrazone groups is 1. The van der Waals surface area contributed by atoms with Crippen molar-refractivity contribution in [2.75, 3.05) is 19.5 Å². The Morgan fingerprint density at radius 2 is 1.70 bits per heavy atom. The molecule has 0 aromatic heterocycles. The van der Waals surface area contributed by atoms with E-state index in [4.69, 9.17) is 9.47 Å². The molecule has 0 bridgehead atoms. The summed E-state index contributed by atoms with van der Waals surface area (Å²) in [7, 11) is 3.09. The Hall–Kier alpha value is -3.35. The quantitative estimate of drug-likeness (QED) is 0.465. The van der Waals surface area contributed by atoms with Gasteiger partial charge in [0.2, 0.25) is 0 Å². The van der Waals surface area contributed by atoms with E-state index >= 15 is 0 Å². The van der Waals surface area contributed by atoms with E-state index in [9.17, 15) is 9.59 Å². The van der Waals surface area contributed by atoms with Gasteiger partial charge in [0, 0.05) is 11.3 Å². The molecule has 2 rings (SSSR count). The maximum Gasteiger partial charge on any atom is 0.329 e. The lowest BCUT2D eigenvalue weighted by atomic mass is 10.1. The maximum atomic E-state index is 12.1. The summed E-state index contributed by atoms with van der Waals surface area (Å²) in [5, 5.41) is 6.59. The molecule has 0 fully saturated rings. The van der Waals surface area contributed by atoms with Crippen LogP contribution in [0, 0.1) is 0 Å². The second kappa shape index (κ2) is 9.38. The normalized spacial score (nSPS) is 10.9. The summed E-state index contributed by atoms with van der Waals surface area (Å²) in [5.41, 5.74) is 5.08. The molecule has 2 aromatic rings. The number of nitrogens with zero attached hydrogens (tertiary/aromatic N) is 1. The number of anilines is 1. The zero-order valence-corrected chi connectivity index (χ0v) is 15.8. The van der Waals surface area contributed by atoms with Gasteiger partial charge in [0.1, 0.15) is 0 Å². The topological polar surface area (TPSA) is 89.0 Å². The van der Waals surface area contributed by atoms with E-state index in [0.29, 0.717) is 22.9 Å². The fourth-order valence-corrected chi connectivity index (χ4v) is 2.44. The minimum atomic E-state index is -0.847. The van der Waals surface area contributed by atoms with Gasteiger partial charge < -0.3 is 14.8 Å². The molecule has 7 heteroatoms. The van der Waals surface area contributed by atoms with Crippen LogP contribution in [-0.4, -0.2) is 31.7 Å². The third kappa shape index (κ3) is 5.07. The van der Waals surface area contributed by atoms with Crippen LogP contribution in [0.4, 0.5) is 5.69 Å². The van der Waals surface area contributed by atoms with Crippen molar-refractivity contribution in [3.05, 3.63) is 53.6 Å². The summed E-state index contributed by atoms with van der Waals surface area (Å²) in [6.45, 7) is 3.69. The van der Waals surface area contributed by atoms with Crippen LogP contribution in [0.25, 0.3) is 0 Å². The van der Waals surface area contributed by atoms with Crippen molar-refractivity contribution in [1.82, 2.24) is 5.43 Å². The highest BCUT2D eigenvalue weighted by molar-refractivity contribution is 6.39. The number of hydrogen-bond acceptors (Lipinski definition) is 5. The maximum absolute atomic E-state index is 12.1. The molecule has 0 aliphatic carbocycles. The summed E-state index contributed by atoms with van der Waals surface area (Å²) < 4.78 is 10.4. The van der Waals surface area contributed by atoms with Gasteiger partial charge in [0.25, 0.3) is 0 Å². The number of nitrogens with one attached hydrogen (secondary N) is 2. The number of para-hydroxylation sites is 1. The Morgan fingerprint density at radius 3 is 2.37 bits per heavy atom. The molecular formula is C20H23N3O4. The van der Waals surface area contributed by atoms with E-state index in [0.717, 1.165) is 17.5 Å². The average molecular weight is 369 g/mol. The van der Waals surface area contributed by atoms with E-state index < -0.39 is 11.8 Å². The highest BCUT2D eigenvalue weighted by Gasteiger charge is 2.15. The number of rotatable bonds is 6. The molecule has 2 amide bonds. The van der Waals surface area contributed by atoms with Crippen molar-refractivity contribution in [2.45, 2.75) is 20.3 Å². The number of hydrogen-bond donors (Lipinski definition) is 2. The predicted molar refractivity (Wildman–Crippen MR) is 104 cm³/mol. The first kappa shape index (κ1) is 20.0. The fourth-order valence-electron chi connectivity index (χ4n) is 2.44. The predicted octanol–water partition coefficient (Wildman–Crippen LogP) is 2.75. The standard InChI is InChI=1S/C20H23N3O4/c1-5-14-8-6-7-9-16(14)21-19(24)20(25)23-22-13(2)15-10-11-17(26-3)18(12-15)27-4/h6-12H,5H2,1-4H3,(H,21,24)(H,23,25)/b22-13+. The number of amides is 2. The smallest absolute Gasteiger partial charge is 0.329 e. The molecule has 0 atom stereocenters. The number of aryl methyl sites for hydroxylation is 1. The highest BCUT2D eigenvalue weighted by atomic mass is 16.5.